The van der Waals surface area contributed by atoms with E-state index >= 15 is 0 Å². The van der Waals surface area contributed by atoms with Crippen molar-refractivity contribution >= 4 is 17.8 Å². The summed E-state index contributed by atoms with van der Waals surface area (Å²) in [5, 5.41) is 14.3. The van der Waals surface area contributed by atoms with E-state index in [2.05, 4.69) is 19.2 Å². The fourth-order valence-corrected chi connectivity index (χ4v) is 5.67. The molecule has 0 aromatic heterocycles. The number of amides is 1. The molecule has 1 saturated heterocycles. The fraction of sp³-hybridized carbons (Fsp3) is 0.773. The summed E-state index contributed by atoms with van der Waals surface area (Å²) in [6, 6.07) is -0.765. The number of carbonyl (C=O) groups is 3. The molecule has 2 fully saturated rings. The molecule has 1 aliphatic heterocycles. The molecular formula is C22H33NO6. The van der Waals surface area contributed by atoms with Crippen molar-refractivity contribution in [3.05, 3.63) is 11.6 Å². The summed E-state index contributed by atoms with van der Waals surface area (Å²) in [6.45, 7) is 11.1. The number of hydrogen-bond acceptors (Lipinski definition) is 6. The summed E-state index contributed by atoms with van der Waals surface area (Å²) in [7, 11) is 0. The lowest BCUT2D eigenvalue weighted by molar-refractivity contribution is -0.217. The number of hydrogen-bond donors (Lipinski definition) is 2. The van der Waals surface area contributed by atoms with E-state index in [1.807, 2.05) is 20.8 Å². The van der Waals surface area contributed by atoms with Crippen LogP contribution in [0.15, 0.2) is 11.6 Å². The van der Waals surface area contributed by atoms with Crippen molar-refractivity contribution in [1.82, 2.24) is 5.32 Å². The van der Waals surface area contributed by atoms with Gasteiger partial charge in [0.2, 0.25) is 5.91 Å². The summed E-state index contributed by atoms with van der Waals surface area (Å²) in [5.74, 6) is -1.45. The Hall–Kier alpha value is -1.89. The third-order valence-corrected chi connectivity index (χ3v) is 7.45. The van der Waals surface area contributed by atoms with Gasteiger partial charge in [-0.15, -0.1) is 0 Å². The van der Waals surface area contributed by atoms with E-state index in [1.165, 1.54) is 6.92 Å². The Morgan fingerprint density at radius 1 is 1.31 bits per heavy atom. The van der Waals surface area contributed by atoms with E-state index in [-0.39, 0.29) is 35.3 Å². The van der Waals surface area contributed by atoms with E-state index < -0.39 is 35.1 Å². The van der Waals surface area contributed by atoms with Crippen LogP contribution in [0.5, 0.6) is 0 Å². The molecule has 7 heteroatoms. The number of ether oxygens (including phenoxy) is 2. The lowest BCUT2D eigenvalue weighted by Crippen LogP contribution is -2.66. The molecule has 0 radical (unpaired) electrons. The van der Waals surface area contributed by atoms with Crippen molar-refractivity contribution in [3.63, 3.8) is 0 Å². The van der Waals surface area contributed by atoms with Gasteiger partial charge in [-0.1, -0.05) is 40.7 Å². The molecule has 2 N–H and O–H groups in total. The zero-order valence-electron chi connectivity index (χ0n) is 18.2. The van der Waals surface area contributed by atoms with Gasteiger partial charge in [0, 0.05) is 12.3 Å². The monoisotopic (exact) mass is 407 g/mol. The molecular weight excluding hydrogens is 374 g/mol. The molecule has 29 heavy (non-hydrogen) atoms. The van der Waals surface area contributed by atoms with Crippen LogP contribution >= 0.6 is 0 Å². The number of fused-ring (bicyclic) bond motifs is 3. The van der Waals surface area contributed by atoms with Crippen LogP contribution in [-0.4, -0.2) is 47.3 Å². The van der Waals surface area contributed by atoms with Crippen LogP contribution in [0, 0.1) is 22.7 Å². The van der Waals surface area contributed by atoms with Crippen LogP contribution in [0.25, 0.3) is 0 Å². The molecule has 1 saturated carbocycles. The maximum atomic E-state index is 13.0. The molecule has 1 heterocycles. The number of carbonyl (C=O) groups excluding carboxylic acids is 3. The summed E-state index contributed by atoms with van der Waals surface area (Å²) in [5.41, 5.74) is -2.21. The van der Waals surface area contributed by atoms with Crippen LogP contribution in [0.4, 0.5) is 0 Å². The van der Waals surface area contributed by atoms with Crippen molar-refractivity contribution in [2.45, 2.75) is 78.6 Å². The highest BCUT2D eigenvalue weighted by atomic mass is 16.6. The minimum atomic E-state index is -1.50. The van der Waals surface area contributed by atoms with Crippen molar-refractivity contribution in [1.29, 1.82) is 0 Å². The Kier molecular flexibility index (Phi) is 5.35. The van der Waals surface area contributed by atoms with E-state index in [0.717, 1.165) is 6.42 Å². The molecule has 7 nitrogen and oxygen atoms in total. The molecule has 162 valence electrons. The van der Waals surface area contributed by atoms with Gasteiger partial charge in [0.1, 0.15) is 24.4 Å². The van der Waals surface area contributed by atoms with E-state index in [9.17, 15) is 19.5 Å². The lowest BCUT2D eigenvalue weighted by Gasteiger charge is -2.60. The summed E-state index contributed by atoms with van der Waals surface area (Å²) >= 11 is 0. The minimum Gasteiger partial charge on any atom is -0.460 e. The van der Waals surface area contributed by atoms with Crippen molar-refractivity contribution < 1.29 is 29.0 Å². The Labute approximate surface area is 172 Å². The van der Waals surface area contributed by atoms with Gasteiger partial charge < -0.3 is 19.9 Å². The Morgan fingerprint density at radius 3 is 2.55 bits per heavy atom. The van der Waals surface area contributed by atoms with Crippen molar-refractivity contribution in [2.24, 2.45) is 22.7 Å². The zero-order chi connectivity index (χ0) is 21.8. The number of rotatable bonds is 4. The summed E-state index contributed by atoms with van der Waals surface area (Å²) < 4.78 is 11.2. The third kappa shape index (κ3) is 3.27. The predicted octanol–water partition coefficient (Wildman–Crippen LogP) is 2.12. The molecule has 0 spiro atoms. The first-order chi connectivity index (χ1) is 13.3. The molecule has 5 atom stereocenters. The van der Waals surface area contributed by atoms with Gasteiger partial charge in [-0.25, -0.2) is 9.59 Å². The van der Waals surface area contributed by atoms with Gasteiger partial charge in [0.25, 0.3) is 0 Å². The highest BCUT2D eigenvalue weighted by molar-refractivity contribution is 5.94. The molecule has 0 unspecified atom stereocenters. The number of aliphatic hydroxyl groups is 1. The number of cyclic esters (lactones) is 1. The first-order valence-corrected chi connectivity index (χ1v) is 10.4. The quantitative estimate of drug-likeness (QED) is 0.692. The first-order valence-electron chi connectivity index (χ1n) is 10.4. The maximum absolute atomic E-state index is 13.0. The third-order valence-electron chi connectivity index (χ3n) is 7.45. The smallest absolute Gasteiger partial charge is 0.336 e. The van der Waals surface area contributed by atoms with Crippen LogP contribution in [0.3, 0.4) is 0 Å². The van der Waals surface area contributed by atoms with Gasteiger partial charge in [0.15, 0.2) is 0 Å². The van der Waals surface area contributed by atoms with Gasteiger partial charge in [-0.3, -0.25) is 4.79 Å². The maximum Gasteiger partial charge on any atom is 0.336 e. The average molecular weight is 408 g/mol. The minimum absolute atomic E-state index is 0.00284. The largest absolute Gasteiger partial charge is 0.460 e. The highest BCUT2D eigenvalue weighted by Crippen LogP contribution is 2.63. The Morgan fingerprint density at radius 2 is 1.97 bits per heavy atom. The van der Waals surface area contributed by atoms with Crippen molar-refractivity contribution in [3.8, 4) is 0 Å². The van der Waals surface area contributed by atoms with E-state index in [4.69, 9.17) is 9.47 Å². The fourth-order valence-electron chi connectivity index (χ4n) is 5.67. The zero-order valence-corrected chi connectivity index (χ0v) is 18.2. The predicted molar refractivity (Wildman–Crippen MR) is 106 cm³/mol. The first kappa shape index (κ1) is 21.8. The molecule has 3 rings (SSSR count). The Bertz CT molecular complexity index is 756. The van der Waals surface area contributed by atoms with Crippen LogP contribution in [0.1, 0.15) is 60.8 Å². The second-order valence-electron chi connectivity index (χ2n) is 10.0. The lowest BCUT2D eigenvalue weighted by atomic mass is 9.46. The van der Waals surface area contributed by atoms with Crippen molar-refractivity contribution in [2.75, 3.05) is 6.61 Å². The molecule has 0 bridgehead atoms. The number of esters is 2. The summed E-state index contributed by atoms with van der Waals surface area (Å²) in [4.78, 5) is 36.8. The molecule has 2 aliphatic carbocycles. The van der Waals surface area contributed by atoms with Gasteiger partial charge >= 0.3 is 11.9 Å². The van der Waals surface area contributed by atoms with Gasteiger partial charge in [0.05, 0.1) is 5.57 Å². The molecule has 1 amide bonds. The Balaban J connectivity index is 1.97. The SMILES string of the molecule is CC(=O)N[C@H](C(=O)O[C@@H]1CCC(C)(C)[C@@H]2CC=C3C(=O)OC[C@]3(O)[C@]12C)C(C)C. The number of allylic oxidation sites excluding steroid dienone is 1. The van der Waals surface area contributed by atoms with Crippen LogP contribution in [0.2, 0.25) is 0 Å². The number of nitrogens with one attached hydrogen (secondary N) is 1. The normalized spacial score (nSPS) is 36.4. The molecule has 3 aliphatic rings. The van der Waals surface area contributed by atoms with Crippen LogP contribution < -0.4 is 5.32 Å². The van der Waals surface area contributed by atoms with E-state index in [1.54, 1.807) is 6.08 Å². The van der Waals surface area contributed by atoms with Gasteiger partial charge in [-0.05, 0) is 36.5 Å². The molecule has 0 aromatic carbocycles. The van der Waals surface area contributed by atoms with E-state index in [0.29, 0.717) is 12.8 Å². The van der Waals surface area contributed by atoms with Gasteiger partial charge in [-0.2, -0.15) is 0 Å². The summed E-state index contributed by atoms with van der Waals surface area (Å²) in [6.07, 6.45) is 3.21. The molecule has 0 aromatic rings. The van der Waals surface area contributed by atoms with Crippen LogP contribution in [-0.2, 0) is 23.9 Å². The second kappa shape index (κ2) is 7.11. The standard InChI is InChI=1S/C22H33NO6/c1-12(2)17(23-13(3)24)19(26)29-16-9-10-20(4,5)15-8-7-14-18(25)28-11-22(14,27)21(15,16)6/h7,12,15-17,27H,8-11H2,1-6H3,(H,23,24)/t15-,16+,17-,21-,22+/m0/s1. The highest BCUT2D eigenvalue weighted by Gasteiger charge is 2.69. The second-order valence-corrected chi connectivity index (χ2v) is 10.0. The average Bonchev–Trinajstić information content (AvgIpc) is 2.91. The topological polar surface area (TPSA) is 102 Å².